The number of benzene rings is 1. The molecular formula is C28H46FOSi. The Morgan fingerprint density at radius 3 is 2.16 bits per heavy atom. The average molecular weight is 446 g/mol. The monoisotopic (exact) mass is 445 g/mol. The summed E-state index contributed by atoms with van der Waals surface area (Å²) in [6.07, 6.45) is 18.3. The molecule has 1 aliphatic heterocycles. The molecule has 1 aromatic carbocycles. The third kappa shape index (κ3) is 8.22. The van der Waals surface area contributed by atoms with Crippen LogP contribution >= 0.6 is 0 Å². The van der Waals surface area contributed by atoms with Crippen molar-refractivity contribution in [3.8, 4) is 5.75 Å². The summed E-state index contributed by atoms with van der Waals surface area (Å²) in [6, 6.07) is 10.4. The molecule has 0 unspecified atom stereocenters. The lowest BCUT2D eigenvalue weighted by atomic mass is 9.77. The lowest BCUT2D eigenvalue weighted by molar-refractivity contribution is 0.295. The molecule has 1 aliphatic carbocycles. The fraction of sp³-hybridized carbons (Fsp3) is 0.786. The van der Waals surface area contributed by atoms with Gasteiger partial charge in [-0.05, 0) is 68.1 Å². The predicted molar refractivity (Wildman–Crippen MR) is 133 cm³/mol. The van der Waals surface area contributed by atoms with E-state index in [4.69, 9.17) is 4.74 Å². The van der Waals surface area contributed by atoms with E-state index in [1.165, 1.54) is 76.2 Å². The Hall–Kier alpha value is -0.833. The van der Waals surface area contributed by atoms with Gasteiger partial charge in [0, 0.05) is 8.80 Å². The number of hydrogen-bond acceptors (Lipinski definition) is 1. The van der Waals surface area contributed by atoms with E-state index in [-0.39, 0.29) is 14.6 Å². The fourth-order valence-electron chi connectivity index (χ4n) is 5.94. The van der Waals surface area contributed by atoms with E-state index >= 15 is 0 Å². The Kier molecular flexibility index (Phi) is 10.9. The Morgan fingerprint density at radius 2 is 1.55 bits per heavy atom. The zero-order chi connectivity index (χ0) is 21.9. The molecule has 0 bridgehead atoms. The van der Waals surface area contributed by atoms with Crippen LogP contribution in [-0.2, 0) is 0 Å². The van der Waals surface area contributed by atoms with Gasteiger partial charge in [0.2, 0.25) is 0 Å². The van der Waals surface area contributed by atoms with Crippen molar-refractivity contribution in [2.45, 2.75) is 121 Å². The molecule has 1 aromatic rings. The maximum Gasteiger partial charge on any atom is 0.165 e. The normalized spacial score (nSPS) is 23.2. The first-order valence-electron chi connectivity index (χ1n) is 13.4. The van der Waals surface area contributed by atoms with Gasteiger partial charge in [-0.15, -0.1) is 0 Å². The van der Waals surface area contributed by atoms with Crippen LogP contribution in [0.4, 0.5) is 4.39 Å². The Morgan fingerprint density at radius 1 is 0.871 bits per heavy atom. The van der Waals surface area contributed by atoms with Crippen molar-refractivity contribution in [3.05, 3.63) is 29.6 Å². The van der Waals surface area contributed by atoms with Gasteiger partial charge in [0.15, 0.2) is 11.6 Å². The predicted octanol–water partition coefficient (Wildman–Crippen LogP) is 9.15. The van der Waals surface area contributed by atoms with Crippen molar-refractivity contribution >= 4 is 8.80 Å². The summed E-state index contributed by atoms with van der Waals surface area (Å²) in [5.74, 6) is 2.69. The minimum absolute atomic E-state index is 0.0339. The summed E-state index contributed by atoms with van der Waals surface area (Å²) in [4.78, 5) is 0. The average Bonchev–Trinajstić information content (AvgIpc) is 2.80. The van der Waals surface area contributed by atoms with E-state index in [9.17, 15) is 4.39 Å². The minimum atomic E-state index is -0.196. The van der Waals surface area contributed by atoms with Gasteiger partial charge in [-0.2, -0.15) is 0 Å². The van der Waals surface area contributed by atoms with Crippen LogP contribution < -0.4 is 4.74 Å². The molecule has 0 amide bonds. The second-order valence-electron chi connectivity index (χ2n) is 10.3. The van der Waals surface area contributed by atoms with Gasteiger partial charge in [0.1, 0.15) is 0 Å². The molecule has 2 aliphatic rings. The summed E-state index contributed by atoms with van der Waals surface area (Å²) >= 11 is 0. The first-order valence-corrected chi connectivity index (χ1v) is 15.6. The SMILES string of the molecule is CCCCC[Si]1CCC(CCCCC2CCC(c3ccc(OCC)c(F)c3)CC2)CC1. The van der Waals surface area contributed by atoms with Gasteiger partial charge in [0.05, 0.1) is 6.61 Å². The number of halogens is 1. The highest BCUT2D eigenvalue weighted by Gasteiger charge is 2.24. The summed E-state index contributed by atoms with van der Waals surface area (Å²) < 4.78 is 19.5. The van der Waals surface area contributed by atoms with E-state index < -0.39 is 0 Å². The summed E-state index contributed by atoms with van der Waals surface area (Å²) in [5, 5.41) is 0. The van der Waals surface area contributed by atoms with E-state index in [1.54, 1.807) is 37.0 Å². The van der Waals surface area contributed by atoms with Crippen molar-refractivity contribution in [1.82, 2.24) is 0 Å². The summed E-state index contributed by atoms with van der Waals surface area (Å²) in [7, 11) is 0.0339. The Bertz CT molecular complexity index is 617. The van der Waals surface area contributed by atoms with Gasteiger partial charge in [-0.25, -0.2) is 4.39 Å². The fourth-order valence-corrected chi connectivity index (χ4v) is 9.08. The molecule has 2 fully saturated rings. The van der Waals surface area contributed by atoms with Gasteiger partial charge < -0.3 is 4.74 Å². The number of ether oxygens (including phenoxy) is 1. The minimum Gasteiger partial charge on any atom is -0.491 e. The van der Waals surface area contributed by atoms with Crippen LogP contribution in [0.5, 0.6) is 5.75 Å². The first kappa shape index (κ1) is 24.8. The smallest absolute Gasteiger partial charge is 0.165 e. The third-order valence-electron chi connectivity index (χ3n) is 7.99. The van der Waals surface area contributed by atoms with Crippen LogP contribution in [0.3, 0.4) is 0 Å². The highest BCUT2D eigenvalue weighted by atomic mass is 28.3. The molecule has 31 heavy (non-hydrogen) atoms. The molecule has 0 aromatic heterocycles. The largest absolute Gasteiger partial charge is 0.491 e. The summed E-state index contributed by atoms with van der Waals surface area (Å²) in [5.41, 5.74) is 1.17. The molecule has 1 radical (unpaired) electrons. The Balaban J connectivity index is 1.26. The maximum absolute atomic E-state index is 14.2. The van der Waals surface area contributed by atoms with Crippen molar-refractivity contribution in [2.75, 3.05) is 6.61 Å². The molecule has 1 saturated heterocycles. The lowest BCUT2D eigenvalue weighted by Gasteiger charge is -2.30. The molecule has 0 N–H and O–H groups in total. The molecule has 3 heteroatoms. The quantitative estimate of drug-likeness (QED) is 0.230. The van der Waals surface area contributed by atoms with E-state index in [0.717, 1.165) is 11.8 Å². The van der Waals surface area contributed by atoms with Crippen molar-refractivity contribution in [3.63, 3.8) is 0 Å². The van der Waals surface area contributed by atoms with E-state index in [0.29, 0.717) is 18.3 Å². The van der Waals surface area contributed by atoms with Gasteiger partial charge in [-0.3, -0.25) is 0 Å². The zero-order valence-corrected chi connectivity index (χ0v) is 21.3. The topological polar surface area (TPSA) is 9.23 Å². The second-order valence-corrected chi connectivity index (χ2v) is 13.3. The number of hydrogen-bond donors (Lipinski definition) is 0. The van der Waals surface area contributed by atoms with Crippen LogP contribution in [-0.4, -0.2) is 15.4 Å². The van der Waals surface area contributed by atoms with Crippen LogP contribution in [0, 0.1) is 17.7 Å². The molecule has 3 rings (SSSR count). The van der Waals surface area contributed by atoms with Crippen LogP contribution in [0.2, 0.25) is 18.1 Å². The molecule has 1 saturated carbocycles. The Labute approximate surface area is 193 Å². The molecule has 175 valence electrons. The molecule has 1 nitrogen and oxygen atoms in total. The molecule has 1 heterocycles. The third-order valence-corrected chi connectivity index (χ3v) is 11.0. The standard InChI is InChI=1S/C28H46FOSi/c1-3-5-8-19-31-20-17-24(18-21-31)10-7-6-9-23-11-13-25(14-12-23)26-15-16-28(30-4-2)27(29)22-26/h15-16,22-25H,3-14,17-21H2,1-2H3. The molecule has 0 atom stereocenters. The van der Waals surface area contributed by atoms with Crippen LogP contribution in [0.25, 0.3) is 0 Å². The highest BCUT2D eigenvalue weighted by molar-refractivity contribution is 6.58. The lowest BCUT2D eigenvalue weighted by Crippen LogP contribution is -2.21. The van der Waals surface area contributed by atoms with Crippen LogP contribution in [0.15, 0.2) is 18.2 Å². The van der Waals surface area contributed by atoms with Gasteiger partial charge in [-0.1, -0.05) is 88.9 Å². The van der Waals surface area contributed by atoms with Crippen molar-refractivity contribution in [1.29, 1.82) is 0 Å². The van der Waals surface area contributed by atoms with E-state index in [1.807, 2.05) is 13.0 Å². The van der Waals surface area contributed by atoms with Crippen molar-refractivity contribution < 1.29 is 9.13 Å². The number of rotatable bonds is 12. The molecular weight excluding hydrogens is 399 g/mol. The van der Waals surface area contributed by atoms with Crippen LogP contribution in [0.1, 0.15) is 109 Å². The zero-order valence-electron chi connectivity index (χ0n) is 20.3. The number of unbranched alkanes of at least 4 members (excludes halogenated alkanes) is 3. The molecule has 0 spiro atoms. The van der Waals surface area contributed by atoms with Crippen molar-refractivity contribution in [2.24, 2.45) is 11.8 Å². The maximum atomic E-state index is 14.2. The van der Waals surface area contributed by atoms with Gasteiger partial charge >= 0.3 is 0 Å². The summed E-state index contributed by atoms with van der Waals surface area (Å²) in [6.45, 7) is 4.74. The van der Waals surface area contributed by atoms with Gasteiger partial charge in [0.25, 0.3) is 0 Å². The van der Waals surface area contributed by atoms with E-state index in [2.05, 4.69) is 13.0 Å². The highest BCUT2D eigenvalue weighted by Crippen LogP contribution is 2.39. The second kappa shape index (κ2) is 13.7. The first-order chi connectivity index (χ1) is 15.2.